The van der Waals surface area contributed by atoms with E-state index in [1.807, 2.05) is 0 Å². The molecule has 3 aromatic rings. The Labute approximate surface area is 143 Å². The third-order valence-corrected chi connectivity index (χ3v) is 3.86. The molecule has 2 aromatic carbocycles. The first kappa shape index (κ1) is 16.2. The minimum absolute atomic E-state index is 0.202. The van der Waals surface area contributed by atoms with Crippen molar-refractivity contribution in [2.75, 3.05) is 6.61 Å². The van der Waals surface area contributed by atoms with E-state index >= 15 is 0 Å². The van der Waals surface area contributed by atoms with Crippen LogP contribution in [0.5, 0.6) is 0 Å². The minimum Gasteiger partial charge on any atom is -0.394 e. The van der Waals surface area contributed by atoms with Crippen LogP contribution >= 0.6 is 11.6 Å². The molecule has 0 saturated heterocycles. The van der Waals surface area contributed by atoms with Gasteiger partial charge in [0.1, 0.15) is 12.7 Å². The molecule has 1 aromatic heterocycles. The number of aliphatic hydroxyl groups excluding tert-OH is 1. The van der Waals surface area contributed by atoms with Gasteiger partial charge in [0.2, 0.25) is 0 Å². The lowest BCUT2D eigenvalue weighted by Crippen LogP contribution is -2.30. The average Bonchev–Trinajstić information content (AvgIpc) is 3.15. The molecule has 1 atom stereocenters. The zero-order valence-electron chi connectivity index (χ0n) is 12.6. The highest BCUT2D eigenvalue weighted by atomic mass is 35.5. The molecule has 7 heteroatoms. The van der Waals surface area contributed by atoms with Crippen molar-refractivity contribution in [1.82, 2.24) is 20.1 Å². The monoisotopic (exact) mass is 342 g/mol. The van der Waals surface area contributed by atoms with E-state index in [2.05, 4.69) is 15.5 Å². The van der Waals surface area contributed by atoms with Gasteiger partial charge in [-0.05, 0) is 42.0 Å². The first-order chi connectivity index (χ1) is 11.7. The Morgan fingerprint density at radius 1 is 1.08 bits per heavy atom. The highest BCUT2D eigenvalue weighted by Gasteiger charge is 2.15. The number of aromatic nitrogens is 3. The van der Waals surface area contributed by atoms with Gasteiger partial charge in [-0.3, -0.25) is 9.36 Å². The predicted molar refractivity (Wildman–Crippen MR) is 90.1 cm³/mol. The summed E-state index contributed by atoms with van der Waals surface area (Å²) in [6.07, 6.45) is 3.16. The Kier molecular flexibility index (Phi) is 4.88. The van der Waals surface area contributed by atoms with E-state index in [0.29, 0.717) is 10.6 Å². The van der Waals surface area contributed by atoms with Gasteiger partial charge in [0.15, 0.2) is 0 Å². The molecule has 1 unspecified atom stereocenters. The SMILES string of the molecule is O=C(NC(CO)c1ccc(Cl)cc1)c1ccc(-n2cnnc2)cc1. The molecule has 0 saturated carbocycles. The second-order valence-electron chi connectivity index (χ2n) is 5.18. The molecule has 0 aliphatic carbocycles. The van der Waals surface area contributed by atoms with Gasteiger partial charge in [-0.15, -0.1) is 10.2 Å². The molecule has 122 valence electrons. The third-order valence-electron chi connectivity index (χ3n) is 3.61. The number of aliphatic hydroxyl groups is 1. The van der Waals surface area contributed by atoms with Crippen LogP contribution in [-0.2, 0) is 0 Å². The fraction of sp³-hybridized carbons (Fsp3) is 0.118. The first-order valence-electron chi connectivity index (χ1n) is 7.29. The molecule has 0 aliphatic rings. The number of nitrogens with one attached hydrogen (secondary N) is 1. The molecule has 0 fully saturated rings. The summed E-state index contributed by atoms with van der Waals surface area (Å²) in [5.41, 5.74) is 2.14. The zero-order chi connectivity index (χ0) is 16.9. The summed E-state index contributed by atoms with van der Waals surface area (Å²) in [5, 5.41) is 20.4. The Morgan fingerprint density at radius 2 is 1.71 bits per heavy atom. The lowest BCUT2D eigenvalue weighted by atomic mass is 10.1. The van der Waals surface area contributed by atoms with Gasteiger partial charge in [0.05, 0.1) is 12.6 Å². The molecule has 0 aliphatic heterocycles. The van der Waals surface area contributed by atoms with Crippen LogP contribution in [-0.4, -0.2) is 32.4 Å². The van der Waals surface area contributed by atoms with Crippen molar-refractivity contribution in [2.45, 2.75) is 6.04 Å². The number of benzene rings is 2. The number of hydrogen-bond donors (Lipinski definition) is 2. The number of amides is 1. The van der Waals surface area contributed by atoms with Crippen LogP contribution < -0.4 is 5.32 Å². The molecule has 2 N–H and O–H groups in total. The van der Waals surface area contributed by atoms with Crippen molar-refractivity contribution in [3.05, 3.63) is 77.3 Å². The van der Waals surface area contributed by atoms with Gasteiger partial charge in [-0.25, -0.2) is 0 Å². The summed E-state index contributed by atoms with van der Waals surface area (Å²) in [5.74, 6) is -0.265. The second kappa shape index (κ2) is 7.25. The van der Waals surface area contributed by atoms with Crippen LogP contribution in [0.2, 0.25) is 5.02 Å². The molecule has 0 spiro atoms. The molecule has 1 amide bonds. The Bertz CT molecular complexity index is 802. The maximum Gasteiger partial charge on any atom is 0.251 e. The Balaban J connectivity index is 1.72. The standard InChI is InChI=1S/C17H15ClN4O2/c18-14-5-1-12(2-6-14)16(9-23)21-17(24)13-3-7-15(8-4-13)22-10-19-20-11-22/h1-8,10-11,16,23H,9H2,(H,21,24). The van der Waals surface area contributed by atoms with Crippen molar-refractivity contribution < 1.29 is 9.90 Å². The van der Waals surface area contributed by atoms with E-state index in [9.17, 15) is 9.90 Å². The molecular weight excluding hydrogens is 328 g/mol. The van der Waals surface area contributed by atoms with Crippen molar-refractivity contribution in [2.24, 2.45) is 0 Å². The van der Waals surface area contributed by atoms with Gasteiger partial charge in [-0.2, -0.15) is 0 Å². The fourth-order valence-electron chi connectivity index (χ4n) is 2.29. The van der Waals surface area contributed by atoms with Crippen molar-refractivity contribution in [3.63, 3.8) is 0 Å². The summed E-state index contributed by atoms with van der Waals surface area (Å²) >= 11 is 5.86. The maximum atomic E-state index is 12.4. The van der Waals surface area contributed by atoms with Gasteiger partial charge in [0.25, 0.3) is 5.91 Å². The first-order valence-corrected chi connectivity index (χ1v) is 7.67. The van der Waals surface area contributed by atoms with E-state index in [1.165, 1.54) is 0 Å². The molecule has 0 radical (unpaired) electrons. The van der Waals surface area contributed by atoms with Gasteiger partial charge < -0.3 is 10.4 Å². The number of carbonyl (C=O) groups excluding carboxylic acids is 1. The third kappa shape index (κ3) is 3.61. The molecule has 0 bridgehead atoms. The van der Waals surface area contributed by atoms with Crippen LogP contribution in [0, 0.1) is 0 Å². The highest BCUT2D eigenvalue weighted by molar-refractivity contribution is 6.30. The number of halogens is 1. The van der Waals surface area contributed by atoms with Gasteiger partial charge in [-0.1, -0.05) is 23.7 Å². The highest BCUT2D eigenvalue weighted by Crippen LogP contribution is 2.17. The van der Waals surface area contributed by atoms with Crippen LogP contribution in [0.15, 0.2) is 61.2 Å². The molecular formula is C17H15ClN4O2. The summed E-state index contributed by atoms with van der Waals surface area (Å²) in [6.45, 7) is -0.202. The molecule has 24 heavy (non-hydrogen) atoms. The van der Waals surface area contributed by atoms with E-state index in [4.69, 9.17) is 11.6 Å². The van der Waals surface area contributed by atoms with E-state index in [-0.39, 0.29) is 12.5 Å². The normalized spacial score (nSPS) is 11.9. The maximum absolute atomic E-state index is 12.4. The van der Waals surface area contributed by atoms with Crippen molar-refractivity contribution in [3.8, 4) is 5.69 Å². The summed E-state index contributed by atoms with van der Waals surface area (Å²) in [7, 11) is 0. The van der Waals surface area contributed by atoms with E-state index in [1.54, 1.807) is 65.8 Å². The second-order valence-corrected chi connectivity index (χ2v) is 5.61. The number of nitrogens with zero attached hydrogens (tertiary/aromatic N) is 3. The van der Waals surface area contributed by atoms with Crippen molar-refractivity contribution in [1.29, 1.82) is 0 Å². The average molecular weight is 343 g/mol. The number of rotatable bonds is 5. The van der Waals surface area contributed by atoms with E-state index < -0.39 is 6.04 Å². The summed E-state index contributed by atoms with van der Waals surface area (Å²) in [4.78, 5) is 12.4. The lowest BCUT2D eigenvalue weighted by molar-refractivity contribution is 0.0916. The molecule has 3 rings (SSSR count). The fourth-order valence-corrected chi connectivity index (χ4v) is 2.42. The van der Waals surface area contributed by atoms with Gasteiger partial charge in [0, 0.05) is 16.3 Å². The minimum atomic E-state index is -0.493. The number of carbonyl (C=O) groups is 1. The summed E-state index contributed by atoms with van der Waals surface area (Å²) < 4.78 is 1.74. The van der Waals surface area contributed by atoms with E-state index in [0.717, 1.165) is 11.3 Å². The zero-order valence-corrected chi connectivity index (χ0v) is 13.4. The predicted octanol–water partition coefficient (Wildman–Crippen LogP) is 2.38. The lowest BCUT2D eigenvalue weighted by Gasteiger charge is -2.17. The Morgan fingerprint density at radius 3 is 2.29 bits per heavy atom. The summed E-state index contributed by atoms with van der Waals surface area (Å²) in [6, 6.07) is 13.5. The van der Waals surface area contributed by atoms with Crippen LogP contribution in [0.3, 0.4) is 0 Å². The van der Waals surface area contributed by atoms with Crippen LogP contribution in [0.25, 0.3) is 5.69 Å². The van der Waals surface area contributed by atoms with Crippen LogP contribution in [0.4, 0.5) is 0 Å². The molecule has 6 nitrogen and oxygen atoms in total. The van der Waals surface area contributed by atoms with Crippen molar-refractivity contribution >= 4 is 17.5 Å². The van der Waals surface area contributed by atoms with Crippen LogP contribution in [0.1, 0.15) is 22.0 Å². The van der Waals surface area contributed by atoms with Gasteiger partial charge >= 0.3 is 0 Å². The topological polar surface area (TPSA) is 80.0 Å². The largest absolute Gasteiger partial charge is 0.394 e. The Hall–Kier alpha value is -2.70. The molecule has 1 heterocycles. The quantitative estimate of drug-likeness (QED) is 0.746. The number of hydrogen-bond acceptors (Lipinski definition) is 4. The smallest absolute Gasteiger partial charge is 0.251 e.